The first kappa shape index (κ1) is 14.0. The zero-order valence-corrected chi connectivity index (χ0v) is 11.8. The Bertz CT molecular complexity index is 655. The molecule has 0 unspecified atom stereocenters. The third-order valence-corrected chi connectivity index (χ3v) is 3.13. The van der Waals surface area contributed by atoms with Crippen LogP contribution in [0.2, 0.25) is 0 Å². The molecule has 6 heteroatoms. The van der Waals surface area contributed by atoms with Crippen molar-refractivity contribution in [1.82, 2.24) is 0 Å². The van der Waals surface area contributed by atoms with Crippen molar-refractivity contribution in [3.8, 4) is 17.2 Å². The zero-order valence-electron chi connectivity index (χ0n) is 11.8. The summed E-state index contributed by atoms with van der Waals surface area (Å²) < 4.78 is 21.3. The average molecular weight is 280 g/mol. The Labute approximate surface area is 115 Å². The molecule has 1 heterocycles. The number of aryl methyl sites for hydroxylation is 1. The highest BCUT2D eigenvalue weighted by Gasteiger charge is 2.26. The topological polar surface area (TPSA) is 78.1 Å². The molecule has 0 saturated heterocycles. The van der Waals surface area contributed by atoms with Gasteiger partial charge in [0.2, 0.25) is 11.5 Å². The van der Waals surface area contributed by atoms with Gasteiger partial charge in [0.25, 0.3) is 0 Å². The summed E-state index contributed by atoms with van der Waals surface area (Å²) in [5.74, 6) is 0.0456. The number of carboxylic acid groups (broad SMARTS) is 1. The second-order valence-corrected chi connectivity index (χ2v) is 4.09. The summed E-state index contributed by atoms with van der Waals surface area (Å²) in [6, 6.07) is 1.60. The number of carboxylic acids is 1. The second kappa shape index (κ2) is 5.32. The van der Waals surface area contributed by atoms with E-state index in [1.165, 1.54) is 21.3 Å². The number of rotatable bonds is 5. The molecule has 1 aromatic carbocycles. The quantitative estimate of drug-likeness (QED) is 0.907. The maximum absolute atomic E-state index is 11.3. The first-order valence-electron chi connectivity index (χ1n) is 6.06. The third-order valence-electron chi connectivity index (χ3n) is 3.13. The molecule has 0 radical (unpaired) electrons. The van der Waals surface area contributed by atoms with E-state index in [4.69, 9.17) is 18.6 Å². The molecule has 0 amide bonds. The number of carbonyl (C=O) groups is 1. The van der Waals surface area contributed by atoms with Gasteiger partial charge in [-0.25, -0.2) is 4.79 Å². The minimum absolute atomic E-state index is 0.0869. The van der Waals surface area contributed by atoms with E-state index in [0.29, 0.717) is 40.2 Å². The van der Waals surface area contributed by atoms with E-state index in [1.807, 2.05) is 6.92 Å². The average Bonchev–Trinajstić information content (AvgIpc) is 2.83. The standard InChI is InChI=1S/C14H16O6/c1-5-7-10-8(20-11(7)14(15)16)6-9(17-2)12(18-3)13(10)19-4/h6H,5H2,1-4H3,(H,15,16). The SMILES string of the molecule is CCc1c(C(=O)O)oc2cc(OC)c(OC)c(OC)c12. The van der Waals surface area contributed by atoms with E-state index in [2.05, 4.69) is 0 Å². The van der Waals surface area contributed by atoms with Gasteiger partial charge in [-0.05, 0) is 6.42 Å². The van der Waals surface area contributed by atoms with Crippen LogP contribution >= 0.6 is 0 Å². The molecule has 0 atom stereocenters. The van der Waals surface area contributed by atoms with Crippen molar-refractivity contribution in [3.63, 3.8) is 0 Å². The molecule has 2 aromatic rings. The van der Waals surface area contributed by atoms with Gasteiger partial charge in [-0.1, -0.05) is 6.92 Å². The fraction of sp³-hybridized carbons (Fsp3) is 0.357. The summed E-state index contributed by atoms with van der Waals surface area (Å²) in [4.78, 5) is 11.3. The normalized spacial score (nSPS) is 10.6. The van der Waals surface area contributed by atoms with Crippen molar-refractivity contribution < 1.29 is 28.5 Å². The zero-order chi connectivity index (χ0) is 14.9. The minimum Gasteiger partial charge on any atom is -0.493 e. The summed E-state index contributed by atoms with van der Waals surface area (Å²) in [5.41, 5.74) is 0.971. The maximum atomic E-state index is 11.3. The van der Waals surface area contributed by atoms with E-state index in [0.717, 1.165) is 0 Å². The lowest BCUT2D eigenvalue weighted by Crippen LogP contribution is -1.99. The Morgan fingerprint density at radius 2 is 1.85 bits per heavy atom. The molecule has 2 rings (SSSR count). The van der Waals surface area contributed by atoms with Crippen molar-refractivity contribution in [3.05, 3.63) is 17.4 Å². The number of methoxy groups -OCH3 is 3. The molecule has 0 aliphatic heterocycles. The number of aromatic carboxylic acids is 1. The first-order chi connectivity index (χ1) is 9.58. The molecule has 0 aliphatic rings. The lowest BCUT2D eigenvalue weighted by atomic mass is 10.1. The van der Waals surface area contributed by atoms with Crippen molar-refractivity contribution in [2.75, 3.05) is 21.3 Å². The van der Waals surface area contributed by atoms with Crippen molar-refractivity contribution in [2.45, 2.75) is 13.3 Å². The number of furan rings is 1. The molecule has 0 spiro atoms. The van der Waals surface area contributed by atoms with Crippen LogP contribution in [0.5, 0.6) is 17.2 Å². The number of ether oxygens (including phenoxy) is 3. The largest absolute Gasteiger partial charge is 0.493 e. The van der Waals surface area contributed by atoms with Crippen LogP contribution in [0, 0.1) is 0 Å². The van der Waals surface area contributed by atoms with Gasteiger partial charge in [0.05, 0.1) is 26.7 Å². The van der Waals surface area contributed by atoms with Gasteiger partial charge in [-0.2, -0.15) is 0 Å². The number of fused-ring (bicyclic) bond motifs is 1. The van der Waals surface area contributed by atoms with Crippen LogP contribution in [0.3, 0.4) is 0 Å². The molecule has 0 saturated carbocycles. The Morgan fingerprint density at radius 1 is 1.20 bits per heavy atom. The van der Waals surface area contributed by atoms with E-state index in [-0.39, 0.29) is 5.76 Å². The molecule has 1 aromatic heterocycles. The summed E-state index contributed by atoms with van der Waals surface area (Å²) in [6.45, 7) is 1.85. The van der Waals surface area contributed by atoms with Gasteiger partial charge >= 0.3 is 5.97 Å². The van der Waals surface area contributed by atoms with Gasteiger partial charge in [0, 0.05) is 11.6 Å². The molecule has 0 fully saturated rings. The summed E-state index contributed by atoms with van der Waals surface area (Å²) >= 11 is 0. The van der Waals surface area contributed by atoms with Crippen LogP contribution in [0.4, 0.5) is 0 Å². The predicted octanol–water partition coefficient (Wildman–Crippen LogP) is 2.72. The molecule has 1 N–H and O–H groups in total. The minimum atomic E-state index is -1.11. The van der Waals surface area contributed by atoms with E-state index in [1.54, 1.807) is 6.07 Å². The lowest BCUT2D eigenvalue weighted by molar-refractivity contribution is 0.0663. The Kier molecular flexibility index (Phi) is 3.74. The van der Waals surface area contributed by atoms with E-state index in [9.17, 15) is 9.90 Å². The lowest BCUT2D eigenvalue weighted by Gasteiger charge is -2.13. The van der Waals surface area contributed by atoms with Gasteiger partial charge < -0.3 is 23.7 Å². The monoisotopic (exact) mass is 280 g/mol. The Hall–Kier alpha value is -2.37. The Balaban J connectivity index is 2.92. The van der Waals surface area contributed by atoms with Crippen molar-refractivity contribution >= 4 is 16.9 Å². The molecule has 20 heavy (non-hydrogen) atoms. The van der Waals surface area contributed by atoms with E-state index >= 15 is 0 Å². The number of benzene rings is 1. The summed E-state index contributed by atoms with van der Waals surface area (Å²) in [5, 5.41) is 9.82. The van der Waals surface area contributed by atoms with E-state index < -0.39 is 5.97 Å². The molecule has 0 bridgehead atoms. The number of hydrogen-bond acceptors (Lipinski definition) is 5. The number of hydrogen-bond donors (Lipinski definition) is 1. The fourth-order valence-electron chi connectivity index (χ4n) is 2.30. The van der Waals surface area contributed by atoms with Crippen LogP contribution in [0.1, 0.15) is 23.0 Å². The third kappa shape index (κ3) is 1.93. The Morgan fingerprint density at radius 3 is 2.30 bits per heavy atom. The highest BCUT2D eigenvalue weighted by molar-refractivity contribution is 6.00. The first-order valence-corrected chi connectivity index (χ1v) is 6.06. The van der Waals surface area contributed by atoms with Crippen LogP contribution in [-0.4, -0.2) is 32.4 Å². The smallest absolute Gasteiger partial charge is 0.372 e. The van der Waals surface area contributed by atoms with Gasteiger partial charge in [-0.3, -0.25) is 0 Å². The summed E-state index contributed by atoms with van der Waals surface area (Å²) in [7, 11) is 4.48. The molecule has 6 nitrogen and oxygen atoms in total. The van der Waals surface area contributed by atoms with Gasteiger partial charge in [-0.15, -0.1) is 0 Å². The molecule has 0 aliphatic carbocycles. The van der Waals surface area contributed by atoms with Crippen LogP contribution in [-0.2, 0) is 6.42 Å². The summed E-state index contributed by atoms with van der Waals surface area (Å²) in [6.07, 6.45) is 0.500. The molecular formula is C14H16O6. The molecular weight excluding hydrogens is 264 g/mol. The van der Waals surface area contributed by atoms with Gasteiger partial charge in [0.1, 0.15) is 5.58 Å². The highest BCUT2D eigenvalue weighted by atomic mass is 16.5. The second-order valence-electron chi connectivity index (χ2n) is 4.09. The van der Waals surface area contributed by atoms with Crippen molar-refractivity contribution in [2.24, 2.45) is 0 Å². The van der Waals surface area contributed by atoms with Crippen LogP contribution < -0.4 is 14.2 Å². The highest BCUT2D eigenvalue weighted by Crippen LogP contribution is 2.46. The van der Waals surface area contributed by atoms with Gasteiger partial charge in [0.15, 0.2) is 11.5 Å². The molecule has 108 valence electrons. The maximum Gasteiger partial charge on any atom is 0.372 e. The predicted molar refractivity (Wildman–Crippen MR) is 72.2 cm³/mol. The van der Waals surface area contributed by atoms with Crippen molar-refractivity contribution in [1.29, 1.82) is 0 Å². The van der Waals surface area contributed by atoms with Crippen LogP contribution in [0.15, 0.2) is 10.5 Å². The van der Waals surface area contributed by atoms with Crippen LogP contribution in [0.25, 0.3) is 11.0 Å². The fourth-order valence-corrected chi connectivity index (χ4v) is 2.30.